The summed E-state index contributed by atoms with van der Waals surface area (Å²) in [5.41, 5.74) is 4.44. The van der Waals surface area contributed by atoms with E-state index >= 15 is 0 Å². The number of amides is 1. The molecule has 25 heavy (non-hydrogen) atoms. The molecule has 3 rings (SSSR count). The second-order valence-corrected chi connectivity index (χ2v) is 6.78. The molecule has 1 aromatic heterocycles. The molecule has 0 atom stereocenters. The van der Waals surface area contributed by atoms with E-state index in [4.69, 9.17) is 0 Å². The smallest absolute Gasteiger partial charge is 0.255 e. The molecule has 1 heterocycles. The van der Waals surface area contributed by atoms with E-state index in [1.807, 2.05) is 73.8 Å². The number of carbonyl (C=O) groups is 1. The highest BCUT2D eigenvalue weighted by molar-refractivity contribution is 7.13. The van der Waals surface area contributed by atoms with Gasteiger partial charge in [0.05, 0.1) is 0 Å². The second-order valence-electron chi connectivity index (χ2n) is 5.89. The highest BCUT2D eigenvalue weighted by Gasteiger charge is 2.08. The third kappa shape index (κ3) is 4.16. The Morgan fingerprint density at radius 1 is 1.12 bits per heavy atom. The van der Waals surface area contributed by atoms with E-state index in [0.29, 0.717) is 5.56 Å². The molecule has 2 N–H and O–H groups in total. The Balaban J connectivity index is 1.74. The lowest BCUT2D eigenvalue weighted by atomic mass is 10.1. The summed E-state index contributed by atoms with van der Waals surface area (Å²) in [6.45, 7) is 2.02. The Morgan fingerprint density at radius 2 is 1.88 bits per heavy atom. The van der Waals surface area contributed by atoms with Crippen LogP contribution in [0.3, 0.4) is 0 Å². The van der Waals surface area contributed by atoms with Crippen molar-refractivity contribution in [2.24, 2.45) is 0 Å². The fraction of sp³-hybridized carbons (Fsp3) is 0.158. The van der Waals surface area contributed by atoms with Crippen molar-refractivity contribution in [1.82, 2.24) is 4.98 Å². The first kappa shape index (κ1) is 17.0. The summed E-state index contributed by atoms with van der Waals surface area (Å²) < 4.78 is 0. The van der Waals surface area contributed by atoms with Crippen LogP contribution in [-0.2, 0) is 0 Å². The van der Waals surface area contributed by atoms with Gasteiger partial charge in [-0.1, -0.05) is 6.07 Å². The van der Waals surface area contributed by atoms with Gasteiger partial charge in [-0.2, -0.15) is 0 Å². The van der Waals surface area contributed by atoms with Crippen molar-refractivity contribution >= 4 is 39.4 Å². The van der Waals surface area contributed by atoms with E-state index in [0.717, 1.165) is 27.8 Å². The number of carbonyl (C=O) groups excluding carboxylic acids is 1. The second kappa shape index (κ2) is 7.36. The van der Waals surface area contributed by atoms with E-state index in [1.54, 1.807) is 6.20 Å². The van der Waals surface area contributed by atoms with Crippen molar-refractivity contribution in [1.29, 1.82) is 0 Å². The van der Waals surface area contributed by atoms with E-state index in [1.165, 1.54) is 11.3 Å². The van der Waals surface area contributed by atoms with Gasteiger partial charge < -0.3 is 15.5 Å². The molecule has 0 aliphatic heterocycles. The molecule has 6 heteroatoms. The third-order valence-electron chi connectivity index (χ3n) is 3.82. The van der Waals surface area contributed by atoms with Crippen LogP contribution in [0.25, 0.3) is 0 Å². The molecule has 1 amide bonds. The maximum absolute atomic E-state index is 12.5. The average molecular weight is 352 g/mol. The SMILES string of the molecule is Cc1ccc(NC(=O)c2ccc(N(C)C)cc2)cc1Nc1nccs1. The van der Waals surface area contributed by atoms with Gasteiger partial charge in [0.1, 0.15) is 0 Å². The number of aromatic nitrogens is 1. The molecule has 0 saturated carbocycles. The summed E-state index contributed by atoms with van der Waals surface area (Å²) in [5, 5.41) is 8.96. The van der Waals surface area contributed by atoms with Crippen molar-refractivity contribution in [2.75, 3.05) is 29.6 Å². The Bertz CT molecular complexity index is 858. The van der Waals surface area contributed by atoms with Gasteiger partial charge in [-0.25, -0.2) is 4.98 Å². The monoisotopic (exact) mass is 352 g/mol. The number of thiazole rings is 1. The highest BCUT2D eigenvalue weighted by atomic mass is 32.1. The van der Waals surface area contributed by atoms with Crippen molar-refractivity contribution in [3.05, 3.63) is 65.2 Å². The molecule has 0 radical (unpaired) electrons. The van der Waals surface area contributed by atoms with Crippen LogP contribution in [0, 0.1) is 6.92 Å². The van der Waals surface area contributed by atoms with Gasteiger partial charge in [0, 0.05) is 48.3 Å². The molecular weight excluding hydrogens is 332 g/mol. The summed E-state index contributed by atoms with van der Waals surface area (Å²) in [4.78, 5) is 18.7. The minimum absolute atomic E-state index is 0.130. The summed E-state index contributed by atoms with van der Waals surface area (Å²) >= 11 is 1.53. The molecule has 0 fully saturated rings. The maximum atomic E-state index is 12.5. The molecule has 3 aromatic rings. The number of nitrogens with one attached hydrogen (secondary N) is 2. The molecule has 5 nitrogen and oxygen atoms in total. The van der Waals surface area contributed by atoms with Gasteiger partial charge in [0.25, 0.3) is 5.91 Å². The average Bonchev–Trinajstić information content (AvgIpc) is 3.11. The summed E-state index contributed by atoms with van der Waals surface area (Å²) in [7, 11) is 3.94. The van der Waals surface area contributed by atoms with E-state index < -0.39 is 0 Å². The number of rotatable bonds is 5. The van der Waals surface area contributed by atoms with Crippen LogP contribution < -0.4 is 15.5 Å². The molecular formula is C19H20N4OS. The molecule has 0 saturated heterocycles. The minimum atomic E-state index is -0.130. The molecule has 0 aliphatic rings. The highest BCUT2D eigenvalue weighted by Crippen LogP contribution is 2.25. The number of hydrogen-bond donors (Lipinski definition) is 2. The normalized spacial score (nSPS) is 10.4. The molecule has 0 bridgehead atoms. The number of aryl methyl sites for hydroxylation is 1. The van der Waals surface area contributed by atoms with Crippen molar-refractivity contribution < 1.29 is 4.79 Å². The largest absolute Gasteiger partial charge is 0.378 e. The van der Waals surface area contributed by atoms with Gasteiger partial charge in [-0.05, 0) is 48.9 Å². The number of nitrogens with zero attached hydrogens (tertiary/aromatic N) is 2. The first-order valence-electron chi connectivity index (χ1n) is 7.89. The number of hydrogen-bond acceptors (Lipinski definition) is 5. The summed E-state index contributed by atoms with van der Waals surface area (Å²) in [6.07, 6.45) is 1.76. The molecule has 2 aromatic carbocycles. The van der Waals surface area contributed by atoms with Gasteiger partial charge >= 0.3 is 0 Å². The van der Waals surface area contributed by atoms with Crippen molar-refractivity contribution in [2.45, 2.75) is 6.92 Å². The van der Waals surface area contributed by atoms with Gasteiger partial charge in [-0.3, -0.25) is 4.79 Å². The predicted molar refractivity (Wildman–Crippen MR) is 105 cm³/mol. The zero-order valence-corrected chi connectivity index (χ0v) is 15.2. The van der Waals surface area contributed by atoms with Crippen LogP contribution in [0.15, 0.2) is 54.0 Å². The van der Waals surface area contributed by atoms with Crippen LogP contribution in [-0.4, -0.2) is 25.0 Å². The Labute approximate surface area is 151 Å². The van der Waals surface area contributed by atoms with Crippen molar-refractivity contribution in [3.8, 4) is 0 Å². The molecule has 128 valence electrons. The topological polar surface area (TPSA) is 57.3 Å². The Hall–Kier alpha value is -2.86. The molecule has 0 spiro atoms. The summed E-state index contributed by atoms with van der Waals surface area (Å²) in [6, 6.07) is 13.3. The van der Waals surface area contributed by atoms with E-state index in [9.17, 15) is 4.79 Å². The lowest BCUT2D eigenvalue weighted by Crippen LogP contribution is -2.13. The Morgan fingerprint density at radius 3 is 2.52 bits per heavy atom. The predicted octanol–water partition coefficient (Wildman–Crippen LogP) is 4.51. The fourth-order valence-corrected chi connectivity index (χ4v) is 2.89. The zero-order valence-electron chi connectivity index (χ0n) is 14.4. The number of benzene rings is 2. The quantitative estimate of drug-likeness (QED) is 0.709. The van der Waals surface area contributed by atoms with E-state index in [2.05, 4.69) is 15.6 Å². The fourth-order valence-electron chi connectivity index (χ4n) is 2.35. The van der Waals surface area contributed by atoms with Crippen LogP contribution in [0.2, 0.25) is 0 Å². The van der Waals surface area contributed by atoms with Gasteiger partial charge in [0.15, 0.2) is 5.13 Å². The minimum Gasteiger partial charge on any atom is -0.378 e. The lowest BCUT2D eigenvalue weighted by molar-refractivity contribution is 0.102. The standard InChI is InChI=1S/C19H20N4OS/c1-13-4-7-15(12-17(13)22-19-20-10-11-25-19)21-18(24)14-5-8-16(9-6-14)23(2)3/h4-12H,1-3H3,(H,20,22)(H,21,24). The number of anilines is 4. The van der Waals surface area contributed by atoms with E-state index in [-0.39, 0.29) is 5.91 Å². The van der Waals surface area contributed by atoms with Crippen LogP contribution in [0.4, 0.5) is 22.2 Å². The van der Waals surface area contributed by atoms with Gasteiger partial charge in [-0.15, -0.1) is 11.3 Å². The van der Waals surface area contributed by atoms with Crippen LogP contribution in [0.5, 0.6) is 0 Å². The summed E-state index contributed by atoms with van der Waals surface area (Å²) in [5.74, 6) is -0.130. The van der Waals surface area contributed by atoms with Gasteiger partial charge in [0.2, 0.25) is 0 Å². The molecule has 0 unspecified atom stereocenters. The van der Waals surface area contributed by atoms with Crippen LogP contribution in [0.1, 0.15) is 15.9 Å². The maximum Gasteiger partial charge on any atom is 0.255 e. The zero-order chi connectivity index (χ0) is 17.8. The lowest BCUT2D eigenvalue weighted by Gasteiger charge is -2.13. The Kier molecular flexibility index (Phi) is 5.00. The van der Waals surface area contributed by atoms with Crippen molar-refractivity contribution in [3.63, 3.8) is 0 Å². The first-order chi connectivity index (χ1) is 12.0. The third-order valence-corrected chi connectivity index (χ3v) is 4.50. The van der Waals surface area contributed by atoms with Crippen LogP contribution >= 0.6 is 11.3 Å². The molecule has 0 aliphatic carbocycles. The first-order valence-corrected chi connectivity index (χ1v) is 8.77.